The van der Waals surface area contributed by atoms with Gasteiger partial charge in [-0.1, -0.05) is 12.1 Å². The van der Waals surface area contributed by atoms with Crippen molar-refractivity contribution >= 4 is 11.9 Å². The van der Waals surface area contributed by atoms with Crippen LogP contribution in [0.1, 0.15) is 24.8 Å². The van der Waals surface area contributed by atoms with Crippen LogP contribution in [0, 0.1) is 5.82 Å². The van der Waals surface area contributed by atoms with Gasteiger partial charge in [-0.2, -0.15) is 0 Å². The highest BCUT2D eigenvalue weighted by molar-refractivity contribution is 5.76. The minimum atomic E-state index is -0.997. The first-order valence-corrected chi connectivity index (χ1v) is 8.80. The first kappa shape index (κ1) is 18.3. The molecule has 1 aromatic carbocycles. The number of nitrogens with one attached hydrogen (secondary N) is 1. The zero-order valence-corrected chi connectivity index (χ0v) is 14.6. The van der Waals surface area contributed by atoms with E-state index in [1.165, 1.54) is 12.1 Å². The number of aliphatic hydroxyl groups is 1. The molecule has 2 heterocycles. The number of nitrogens with zero attached hydrogens (tertiary/aromatic N) is 3. The van der Waals surface area contributed by atoms with Crippen molar-refractivity contribution in [3.8, 4) is 0 Å². The third kappa shape index (κ3) is 4.98. The number of hydrogen-bond acceptors (Lipinski definition) is 5. The maximum absolute atomic E-state index is 12.9. The molecule has 0 bridgehead atoms. The fourth-order valence-electron chi connectivity index (χ4n) is 3.14. The fourth-order valence-corrected chi connectivity index (χ4v) is 3.14. The molecular formula is C19H23FN4O2. The molecule has 26 heavy (non-hydrogen) atoms. The van der Waals surface area contributed by atoms with Crippen molar-refractivity contribution in [1.29, 1.82) is 0 Å². The topological polar surface area (TPSA) is 78.4 Å². The van der Waals surface area contributed by atoms with Crippen molar-refractivity contribution < 1.29 is 14.3 Å². The van der Waals surface area contributed by atoms with Gasteiger partial charge in [-0.3, -0.25) is 4.79 Å². The largest absolute Gasteiger partial charge is 0.386 e. The lowest BCUT2D eigenvalue weighted by molar-refractivity contribution is -0.122. The fraction of sp³-hybridized carbons (Fsp3) is 0.421. The van der Waals surface area contributed by atoms with Gasteiger partial charge in [0.1, 0.15) is 5.82 Å². The molecule has 1 fully saturated rings. The highest BCUT2D eigenvalue weighted by Crippen LogP contribution is 2.23. The number of carbonyl (C=O) groups is 1. The van der Waals surface area contributed by atoms with Crippen LogP contribution in [0.5, 0.6) is 0 Å². The second-order valence-electron chi connectivity index (χ2n) is 6.70. The maximum atomic E-state index is 12.9. The Morgan fingerprint density at radius 3 is 2.73 bits per heavy atom. The summed E-state index contributed by atoms with van der Waals surface area (Å²) in [4.78, 5) is 22.5. The van der Waals surface area contributed by atoms with Crippen LogP contribution in [0.25, 0.3) is 0 Å². The Bertz CT molecular complexity index is 726. The summed E-state index contributed by atoms with van der Waals surface area (Å²) in [5, 5.41) is 13.6. The summed E-state index contributed by atoms with van der Waals surface area (Å²) in [5.74, 6) is 0.175. The zero-order chi connectivity index (χ0) is 18.4. The van der Waals surface area contributed by atoms with Crippen molar-refractivity contribution in [3.63, 3.8) is 0 Å². The number of amides is 1. The molecule has 138 valence electrons. The third-order valence-electron chi connectivity index (χ3n) is 4.56. The van der Waals surface area contributed by atoms with Crippen LogP contribution in [-0.2, 0) is 11.2 Å². The molecule has 0 saturated carbocycles. The van der Waals surface area contributed by atoms with Crippen molar-refractivity contribution in [2.24, 2.45) is 0 Å². The third-order valence-corrected chi connectivity index (χ3v) is 4.56. The Hall–Kier alpha value is -2.54. The molecule has 2 aromatic rings. The van der Waals surface area contributed by atoms with Gasteiger partial charge in [-0.15, -0.1) is 0 Å². The average molecular weight is 358 g/mol. The van der Waals surface area contributed by atoms with Crippen LogP contribution >= 0.6 is 0 Å². The first-order chi connectivity index (χ1) is 12.5. The highest BCUT2D eigenvalue weighted by Gasteiger charge is 2.34. The van der Waals surface area contributed by atoms with Gasteiger partial charge in [-0.05, 0) is 43.0 Å². The molecule has 0 unspecified atom stereocenters. The smallest absolute Gasteiger partial charge is 0.225 e. The van der Waals surface area contributed by atoms with Crippen LogP contribution < -0.4 is 10.2 Å². The molecule has 1 atom stereocenters. The molecule has 1 amide bonds. The molecule has 1 saturated heterocycles. The zero-order valence-electron chi connectivity index (χ0n) is 14.6. The lowest BCUT2D eigenvalue weighted by atomic mass is 9.93. The van der Waals surface area contributed by atoms with Crippen LogP contribution in [0.4, 0.5) is 10.3 Å². The summed E-state index contributed by atoms with van der Waals surface area (Å²) in [6, 6.07) is 7.88. The summed E-state index contributed by atoms with van der Waals surface area (Å²) in [7, 11) is 0. The van der Waals surface area contributed by atoms with E-state index in [1.807, 2.05) is 4.90 Å². The van der Waals surface area contributed by atoms with Crippen LogP contribution in [0.2, 0.25) is 0 Å². The number of aryl methyl sites for hydroxylation is 1. The van der Waals surface area contributed by atoms with E-state index in [0.29, 0.717) is 31.8 Å². The number of β-amino-alcohol motifs (C(OH)–C–C–N with tert-alkyl or cyclic N) is 1. The second-order valence-corrected chi connectivity index (χ2v) is 6.70. The van der Waals surface area contributed by atoms with Gasteiger partial charge < -0.3 is 15.3 Å². The SMILES string of the molecule is O=C(CCc1ccc(F)cc1)NC[C@]1(O)CCCN(c2ncccn2)C1. The lowest BCUT2D eigenvalue weighted by Gasteiger charge is -2.39. The van der Waals surface area contributed by atoms with Crippen LogP contribution in [-0.4, -0.2) is 46.2 Å². The maximum Gasteiger partial charge on any atom is 0.225 e. The van der Waals surface area contributed by atoms with E-state index < -0.39 is 5.60 Å². The monoisotopic (exact) mass is 358 g/mol. The van der Waals surface area contributed by atoms with Crippen molar-refractivity contribution in [2.75, 3.05) is 24.5 Å². The van der Waals surface area contributed by atoms with Crippen molar-refractivity contribution in [2.45, 2.75) is 31.3 Å². The van der Waals surface area contributed by atoms with Gasteiger partial charge >= 0.3 is 0 Å². The minimum absolute atomic E-state index is 0.129. The molecule has 3 rings (SSSR count). The normalized spacial score (nSPS) is 20.0. The summed E-state index contributed by atoms with van der Waals surface area (Å²) in [6.07, 6.45) is 5.61. The molecular weight excluding hydrogens is 335 g/mol. The van der Waals surface area contributed by atoms with E-state index in [2.05, 4.69) is 15.3 Å². The van der Waals surface area contributed by atoms with Crippen molar-refractivity contribution in [1.82, 2.24) is 15.3 Å². The quantitative estimate of drug-likeness (QED) is 0.822. The number of halogens is 1. The Morgan fingerprint density at radius 1 is 1.27 bits per heavy atom. The Kier molecular flexibility index (Phi) is 5.78. The van der Waals surface area contributed by atoms with E-state index >= 15 is 0 Å². The summed E-state index contributed by atoms with van der Waals surface area (Å²) < 4.78 is 12.9. The van der Waals surface area contributed by atoms with E-state index in [0.717, 1.165) is 18.5 Å². The first-order valence-electron chi connectivity index (χ1n) is 8.80. The van der Waals surface area contributed by atoms with Gasteiger partial charge in [-0.25, -0.2) is 14.4 Å². The van der Waals surface area contributed by atoms with E-state index in [-0.39, 0.29) is 18.3 Å². The summed E-state index contributed by atoms with van der Waals surface area (Å²) >= 11 is 0. The number of piperidine rings is 1. The predicted octanol–water partition coefficient (Wildman–Crippen LogP) is 1.70. The molecule has 7 heteroatoms. The molecule has 1 aliphatic rings. The molecule has 6 nitrogen and oxygen atoms in total. The molecule has 1 aromatic heterocycles. The van der Waals surface area contributed by atoms with Crippen molar-refractivity contribution in [3.05, 3.63) is 54.1 Å². The number of aromatic nitrogens is 2. The molecule has 0 aliphatic carbocycles. The number of carbonyl (C=O) groups excluding carboxylic acids is 1. The second kappa shape index (κ2) is 8.23. The predicted molar refractivity (Wildman–Crippen MR) is 96.2 cm³/mol. The Balaban J connectivity index is 1.48. The van der Waals surface area contributed by atoms with Crippen LogP contribution in [0.15, 0.2) is 42.7 Å². The number of rotatable bonds is 6. The standard InChI is InChI=1S/C19H23FN4O2/c20-16-6-3-15(4-7-16)5-8-17(25)23-13-19(26)9-1-12-24(14-19)18-21-10-2-11-22-18/h2-4,6-7,10-11,26H,1,5,8-9,12-14H2,(H,23,25)/t19-/m1/s1. The van der Waals surface area contributed by atoms with E-state index in [4.69, 9.17) is 0 Å². The summed E-state index contributed by atoms with van der Waals surface area (Å²) in [5.41, 5.74) is -0.0893. The molecule has 0 radical (unpaired) electrons. The average Bonchev–Trinajstić information content (AvgIpc) is 2.67. The Morgan fingerprint density at radius 2 is 2.00 bits per heavy atom. The molecule has 0 spiro atoms. The van der Waals surface area contributed by atoms with Gasteiger partial charge in [0.25, 0.3) is 0 Å². The van der Waals surface area contributed by atoms with Gasteiger partial charge in [0, 0.05) is 31.9 Å². The van der Waals surface area contributed by atoms with Gasteiger partial charge in [0.05, 0.1) is 12.1 Å². The van der Waals surface area contributed by atoms with E-state index in [1.54, 1.807) is 30.6 Å². The summed E-state index contributed by atoms with van der Waals surface area (Å²) in [6.45, 7) is 1.36. The Labute approximate surface area is 152 Å². The minimum Gasteiger partial charge on any atom is -0.386 e. The van der Waals surface area contributed by atoms with Gasteiger partial charge in [0.15, 0.2) is 0 Å². The molecule has 1 aliphatic heterocycles. The highest BCUT2D eigenvalue weighted by atomic mass is 19.1. The van der Waals surface area contributed by atoms with Gasteiger partial charge in [0.2, 0.25) is 11.9 Å². The number of anilines is 1. The van der Waals surface area contributed by atoms with Crippen LogP contribution in [0.3, 0.4) is 0 Å². The number of hydrogen-bond donors (Lipinski definition) is 2. The number of benzene rings is 1. The lowest BCUT2D eigenvalue weighted by Crippen LogP contribution is -2.54. The van der Waals surface area contributed by atoms with E-state index in [9.17, 15) is 14.3 Å². The molecule has 2 N–H and O–H groups in total.